The van der Waals surface area contributed by atoms with Crippen molar-refractivity contribution in [1.82, 2.24) is 5.32 Å². The van der Waals surface area contributed by atoms with Gasteiger partial charge in [0, 0.05) is 12.0 Å². The molecule has 2 saturated carbocycles. The second-order valence-corrected chi connectivity index (χ2v) is 10.3. The standard InChI is InChI=1S/C26H37N/c1-16-13-19-7-4-5-8-23(19)20(16)10-11-21-17(2)14-24-18(3)22-9-6-12-27-26(22)15-25(21)24/h4-5,7-8,13,17-18,20-22,24-27H,6,9-12,14-15H2,1-3H3. The minimum absolute atomic E-state index is 0.675. The summed E-state index contributed by atoms with van der Waals surface area (Å²) < 4.78 is 0. The molecule has 1 saturated heterocycles. The molecule has 3 fully saturated rings. The minimum Gasteiger partial charge on any atom is -0.314 e. The fourth-order valence-corrected chi connectivity index (χ4v) is 7.74. The summed E-state index contributed by atoms with van der Waals surface area (Å²) >= 11 is 0. The maximum absolute atomic E-state index is 3.91. The highest BCUT2D eigenvalue weighted by Gasteiger charge is 2.50. The third-order valence-corrected chi connectivity index (χ3v) is 9.08. The van der Waals surface area contributed by atoms with E-state index in [0.717, 1.165) is 41.5 Å². The Balaban J connectivity index is 1.30. The van der Waals surface area contributed by atoms with E-state index >= 15 is 0 Å². The van der Waals surface area contributed by atoms with Gasteiger partial charge >= 0.3 is 0 Å². The molecule has 0 amide bonds. The van der Waals surface area contributed by atoms with E-state index in [1.54, 1.807) is 11.1 Å². The maximum Gasteiger partial charge on any atom is 0.0101 e. The first-order valence-electron chi connectivity index (χ1n) is 11.6. The van der Waals surface area contributed by atoms with E-state index in [0.29, 0.717) is 5.92 Å². The number of fused-ring (bicyclic) bond motifs is 3. The molecule has 8 unspecified atom stereocenters. The second kappa shape index (κ2) is 7.07. The van der Waals surface area contributed by atoms with Crippen LogP contribution < -0.4 is 5.32 Å². The van der Waals surface area contributed by atoms with Crippen molar-refractivity contribution in [3.8, 4) is 0 Å². The third kappa shape index (κ3) is 3.01. The molecule has 146 valence electrons. The van der Waals surface area contributed by atoms with Gasteiger partial charge in [0.25, 0.3) is 0 Å². The van der Waals surface area contributed by atoms with E-state index in [4.69, 9.17) is 0 Å². The molecule has 1 aromatic carbocycles. The van der Waals surface area contributed by atoms with Gasteiger partial charge < -0.3 is 5.32 Å². The predicted molar refractivity (Wildman–Crippen MR) is 115 cm³/mol. The Morgan fingerprint density at radius 3 is 2.74 bits per heavy atom. The summed E-state index contributed by atoms with van der Waals surface area (Å²) in [6, 6.07) is 9.89. The van der Waals surface area contributed by atoms with E-state index < -0.39 is 0 Å². The zero-order valence-corrected chi connectivity index (χ0v) is 17.5. The maximum atomic E-state index is 3.91. The average molecular weight is 364 g/mol. The van der Waals surface area contributed by atoms with E-state index in [1.807, 2.05) is 0 Å². The van der Waals surface area contributed by atoms with Gasteiger partial charge in [-0.05, 0) is 98.6 Å². The summed E-state index contributed by atoms with van der Waals surface area (Å²) in [6.45, 7) is 8.77. The van der Waals surface area contributed by atoms with Crippen LogP contribution in [0.5, 0.6) is 0 Å². The molecule has 4 aliphatic rings. The number of piperidine rings is 1. The SMILES string of the molecule is CC1=Cc2ccccc2C1CCC1C(C)CC2C(C)C3CCCNC3CC12. The van der Waals surface area contributed by atoms with Crippen molar-refractivity contribution in [3.05, 3.63) is 41.0 Å². The van der Waals surface area contributed by atoms with Gasteiger partial charge in [0.2, 0.25) is 0 Å². The minimum atomic E-state index is 0.675. The van der Waals surface area contributed by atoms with Crippen molar-refractivity contribution in [2.45, 2.75) is 71.3 Å². The lowest BCUT2D eigenvalue weighted by molar-refractivity contribution is 0.0467. The summed E-state index contributed by atoms with van der Waals surface area (Å²) in [5.41, 5.74) is 4.64. The van der Waals surface area contributed by atoms with Crippen LogP contribution in [0.4, 0.5) is 0 Å². The molecule has 1 aromatic rings. The summed E-state index contributed by atoms with van der Waals surface area (Å²) in [6.07, 6.45) is 11.0. The smallest absolute Gasteiger partial charge is 0.0101 e. The molecule has 8 atom stereocenters. The molecule has 0 bridgehead atoms. The monoisotopic (exact) mass is 363 g/mol. The molecule has 1 heteroatoms. The van der Waals surface area contributed by atoms with Crippen molar-refractivity contribution >= 4 is 6.08 Å². The third-order valence-electron chi connectivity index (χ3n) is 9.08. The first kappa shape index (κ1) is 18.0. The van der Waals surface area contributed by atoms with Gasteiger partial charge in [-0.2, -0.15) is 0 Å². The Hall–Kier alpha value is -1.08. The van der Waals surface area contributed by atoms with Gasteiger partial charge in [0.15, 0.2) is 0 Å². The highest BCUT2D eigenvalue weighted by atomic mass is 14.9. The lowest BCUT2D eigenvalue weighted by Crippen LogP contribution is -2.51. The van der Waals surface area contributed by atoms with Crippen molar-refractivity contribution in [3.63, 3.8) is 0 Å². The molecule has 3 aliphatic carbocycles. The molecule has 0 radical (unpaired) electrons. The molecule has 1 aliphatic heterocycles. The van der Waals surface area contributed by atoms with Crippen LogP contribution >= 0.6 is 0 Å². The summed E-state index contributed by atoms with van der Waals surface area (Å²) in [4.78, 5) is 0. The summed E-state index contributed by atoms with van der Waals surface area (Å²) in [7, 11) is 0. The van der Waals surface area contributed by atoms with Crippen LogP contribution in [0, 0.1) is 35.5 Å². The molecule has 1 nitrogen and oxygen atoms in total. The van der Waals surface area contributed by atoms with Crippen LogP contribution in [0.25, 0.3) is 6.08 Å². The van der Waals surface area contributed by atoms with Crippen LogP contribution in [-0.2, 0) is 0 Å². The van der Waals surface area contributed by atoms with Crippen LogP contribution in [0.2, 0.25) is 0 Å². The van der Waals surface area contributed by atoms with E-state index in [-0.39, 0.29) is 0 Å². The van der Waals surface area contributed by atoms with E-state index in [2.05, 4.69) is 56.4 Å². The largest absolute Gasteiger partial charge is 0.314 e. The number of hydrogen-bond donors (Lipinski definition) is 1. The van der Waals surface area contributed by atoms with Crippen molar-refractivity contribution < 1.29 is 0 Å². The fraction of sp³-hybridized carbons (Fsp3) is 0.692. The molecular formula is C26H37N. The van der Waals surface area contributed by atoms with Gasteiger partial charge in [-0.25, -0.2) is 0 Å². The highest BCUT2D eigenvalue weighted by Crippen LogP contribution is 2.56. The molecule has 27 heavy (non-hydrogen) atoms. The lowest BCUT2D eigenvalue weighted by Gasteiger charge is -2.48. The number of allylic oxidation sites excluding steroid dienone is 1. The summed E-state index contributed by atoms with van der Waals surface area (Å²) in [5, 5.41) is 3.91. The fourth-order valence-electron chi connectivity index (χ4n) is 7.74. The second-order valence-electron chi connectivity index (χ2n) is 10.3. The van der Waals surface area contributed by atoms with Crippen molar-refractivity contribution in [2.24, 2.45) is 35.5 Å². The first-order chi connectivity index (χ1) is 13.1. The van der Waals surface area contributed by atoms with Gasteiger partial charge in [0.05, 0.1) is 0 Å². The molecule has 0 spiro atoms. The van der Waals surface area contributed by atoms with Gasteiger partial charge in [0.1, 0.15) is 0 Å². The van der Waals surface area contributed by atoms with Crippen LogP contribution in [0.1, 0.15) is 76.3 Å². The summed E-state index contributed by atoms with van der Waals surface area (Å²) in [5.74, 6) is 6.40. The van der Waals surface area contributed by atoms with Crippen LogP contribution in [0.15, 0.2) is 29.8 Å². The van der Waals surface area contributed by atoms with Crippen LogP contribution in [-0.4, -0.2) is 12.6 Å². The van der Waals surface area contributed by atoms with Crippen molar-refractivity contribution in [1.29, 1.82) is 0 Å². The van der Waals surface area contributed by atoms with Crippen LogP contribution in [0.3, 0.4) is 0 Å². The molecule has 1 heterocycles. The Kier molecular flexibility index (Phi) is 4.71. The average Bonchev–Trinajstić information content (AvgIpc) is 3.16. The molecular weight excluding hydrogens is 326 g/mol. The number of hydrogen-bond acceptors (Lipinski definition) is 1. The van der Waals surface area contributed by atoms with E-state index in [1.165, 1.54) is 50.6 Å². The quantitative estimate of drug-likeness (QED) is 0.668. The van der Waals surface area contributed by atoms with E-state index in [9.17, 15) is 0 Å². The number of nitrogens with one attached hydrogen (secondary N) is 1. The number of rotatable bonds is 3. The highest BCUT2D eigenvalue weighted by molar-refractivity contribution is 5.65. The molecule has 5 rings (SSSR count). The Labute approximate surface area is 166 Å². The zero-order valence-electron chi connectivity index (χ0n) is 17.5. The normalized spacial score (nSPS) is 43.0. The molecule has 1 N–H and O–H groups in total. The topological polar surface area (TPSA) is 12.0 Å². The molecule has 0 aromatic heterocycles. The Morgan fingerprint density at radius 1 is 1.00 bits per heavy atom. The van der Waals surface area contributed by atoms with Gasteiger partial charge in [-0.3, -0.25) is 0 Å². The Bertz CT molecular complexity index is 719. The Morgan fingerprint density at radius 2 is 1.85 bits per heavy atom. The number of benzene rings is 1. The first-order valence-corrected chi connectivity index (χ1v) is 11.6. The lowest BCUT2D eigenvalue weighted by atomic mass is 9.62. The van der Waals surface area contributed by atoms with Crippen molar-refractivity contribution in [2.75, 3.05) is 6.54 Å². The van der Waals surface area contributed by atoms with Gasteiger partial charge in [-0.1, -0.05) is 49.8 Å². The van der Waals surface area contributed by atoms with Gasteiger partial charge in [-0.15, -0.1) is 0 Å². The zero-order chi connectivity index (χ0) is 18.5. The predicted octanol–water partition coefficient (Wildman–Crippen LogP) is 6.26.